The first-order chi connectivity index (χ1) is 15.2. The van der Waals surface area contributed by atoms with Gasteiger partial charge in [-0.05, 0) is 30.1 Å². The first-order valence-corrected chi connectivity index (χ1v) is 11.3. The highest BCUT2D eigenvalue weighted by Crippen LogP contribution is 2.53. The summed E-state index contributed by atoms with van der Waals surface area (Å²) in [6.45, 7) is 8.61. The van der Waals surface area contributed by atoms with E-state index in [0.717, 1.165) is 18.5 Å². The fourth-order valence-electron chi connectivity index (χ4n) is 6.36. The normalized spacial score (nSPS) is 24.7. The van der Waals surface area contributed by atoms with Crippen molar-refractivity contribution in [3.63, 3.8) is 0 Å². The summed E-state index contributed by atoms with van der Waals surface area (Å²) in [6.07, 6.45) is 3.51. The van der Waals surface area contributed by atoms with Gasteiger partial charge in [-0.2, -0.15) is 0 Å². The minimum absolute atomic E-state index is 0.105. The second-order valence-corrected chi connectivity index (χ2v) is 10.7. The third-order valence-electron chi connectivity index (χ3n) is 7.21. The van der Waals surface area contributed by atoms with Crippen molar-refractivity contribution < 1.29 is 14.3 Å². The number of fused-ring (bicyclic) bond motifs is 3. The van der Waals surface area contributed by atoms with Gasteiger partial charge in [0.2, 0.25) is 0 Å². The van der Waals surface area contributed by atoms with Gasteiger partial charge in [0.25, 0.3) is 0 Å². The molecule has 32 heavy (non-hydrogen) atoms. The number of aromatic hydroxyl groups is 1. The predicted molar refractivity (Wildman–Crippen MR) is 126 cm³/mol. The Morgan fingerprint density at radius 1 is 1.16 bits per heavy atom. The first kappa shape index (κ1) is 21.1. The van der Waals surface area contributed by atoms with Gasteiger partial charge in [0.1, 0.15) is 22.6 Å². The smallest absolute Gasteiger partial charge is 0.197 e. The first-order valence-electron chi connectivity index (χ1n) is 11.3. The van der Waals surface area contributed by atoms with Gasteiger partial charge >= 0.3 is 0 Å². The Morgan fingerprint density at radius 3 is 2.62 bits per heavy atom. The summed E-state index contributed by atoms with van der Waals surface area (Å²) in [5.41, 5.74) is 2.32. The molecule has 3 aromatic rings. The second kappa shape index (κ2) is 7.38. The minimum atomic E-state index is -0.170. The van der Waals surface area contributed by atoms with Crippen LogP contribution in [-0.2, 0) is 6.54 Å². The van der Waals surface area contributed by atoms with Gasteiger partial charge < -0.3 is 14.3 Å². The molecule has 0 radical (unpaired) electrons. The summed E-state index contributed by atoms with van der Waals surface area (Å²) in [4.78, 5) is 15.6. The van der Waals surface area contributed by atoms with E-state index >= 15 is 0 Å². The number of benzene rings is 2. The molecule has 1 saturated heterocycles. The summed E-state index contributed by atoms with van der Waals surface area (Å²) in [5, 5.41) is 11.4. The van der Waals surface area contributed by atoms with E-state index in [1.165, 1.54) is 26.0 Å². The molecule has 0 spiro atoms. The molecule has 2 aliphatic rings. The Kier molecular flexibility index (Phi) is 4.86. The Labute approximate surface area is 188 Å². The monoisotopic (exact) mass is 433 g/mol. The van der Waals surface area contributed by atoms with E-state index in [4.69, 9.17) is 9.15 Å². The van der Waals surface area contributed by atoms with Gasteiger partial charge in [-0.1, -0.05) is 51.1 Å². The minimum Gasteiger partial charge on any atom is -0.507 e. The zero-order valence-corrected chi connectivity index (χ0v) is 19.3. The van der Waals surface area contributed by atoms with Crippen LogP contribution in [0.5, 0.6) is 11.5 Å². The number of phenolic OH excluding ortho intramolecular Hbond substituents is 1. The van der Waals surface area contributed by atoms with Crippen molar-refractivity contribution in [2.45, 2.75) is 52.6 Å². The summed E-state index contributed by atoms with van der Waals surface area (Å²) >= 11 is 0. The summed E-state index contributed by atoms with van der Waals surface area (Å²) < 4.78 is 11.7. The van der Waals surface area contributed by atoms with E-state index in [0.29, 0.717) is 46.0 Å². The van der Waals surface area contributed by atoms with Crippen molar-refractivity contribution in [3.8, 4) is 22.8 Å². The van der Waals surface area contributed by atoms with Crippen LogP contribution >= 0.6 is 0 Å². The molecule has 5 nitrogen and oxygen atoms in total. The molecule has 1 aliphatic heterocycles. The third kappa shape index (κ3) is 3.58. The lowest BCUT2D eigenvalue weighted by atomic mass is 9.65. The molecule has 1 aliphatic carbocycles. The van der Waals surface area contributed by atoms with Gasteiger partial charge in [-0.3, -0.25) is 9.69 Å². The largest absolute Gasteiger partial charge is 0.507 e. The van der Waals surface area contributed by atoms with Crippen molar-refractivity contribution in [1.29, 1.82) is 0 Å². The molecular weight excluding hydrogens is 402 g/mol. The fourth-order valence-corrected chi connectivity index (χ4v) is 6.36. The lowest BCUT2D eigenvalue weighted by molar-refractivity contribution is 0.126. The number of likely N-dealkylation sites (tertiary alicyclic amines) is 1. The van der Waals surface area contributed by atoms with Crippen LogP contribution in [0.4, 0.5) is 0 Å². The van der Waals surface area contributed by atoms with Gasteiger partial charge in [0.05, 0.1) is 12.7 Å². The maximum absolute atomic E-state index is 13.1. The van der Waals surface area contributed by atoms with Crippen molar-refractivity contribution in [2.24, 2.45) is 10.8 Å². The van der Waals surface area contributed by atoms with E-state index in [9.17, 15) is 9.90 Å². The average molecular weight is 434 g/mol. The van der Waals surface area contributed by atoms with E-state index in [-0.39, 0.29) is 16.6 Å². The molecule has 168 valence electrons. The van der Waals surface area contributed by atoms with Crippen LogP contribution in [0.1, 0.15) is 45.6 Å². The predicted octanol–water partition coefficient (Wildman–Crippen LogP) is 5.57. The third-order valence-corrected chi connectivity index (χ3v) is 7.21. The highest BCUT2D eigenvalue weighted by Gasteiger charge is 2.49. The Hall–Kier alpha value is -2.79. The molecule has 1 N–H and O–H groups in total. The lowest BCUT2D eigenvalue weighted by Gasteiger charge is -2.40. The van der Waals surface area contributed by atoms with Crippen molar-refractivity contribution >= 4 is 11.0 Å². The molecule has 2 heterocycles. The zero-order chi connectivity index (χ0) is 22.7. The average Bonchev–Trinajstić information content (AvgIpc) is 2.97. The molecule has 5 rings (SSSR count). The van der Waals surface area contributed by atoms with Crippen LogP contribution in [-0.4, -0.2) is 29.7 Å². The Morgan fingerprint density at radius 2 is 1.91 bits per heavy atom. The number of hydrogen-bond acceptors (Lipinski definition) is 5. The highest BCUT2D eigenvalue weighted by atomic mass is 16.5. The molecule has 2 atom stereocenters. The second-order valence-electron chi connectivity index (χ2n) is 10.7. The molecule has 0 unspecified atom stereocenters. The van der Waals surface area contributed by atoms with Crippen molar-refractivity contribution in [3.05, 3.63) is 58.3 Å². The molecular formula is C27H31NO4. The van der Waals surface area contributed by atoms with Gasteiger partial charge in [-0.25, -0.2) is 0 Å². The van der Waals surface area contributed by atoms with Gasteiger partial charge in [0, 0.05) is 36.8 Å². The van der Waals surface area contributed by atoms with E-state index in [1.54, 1.807) is 6.07 Å². The Balaban J connectivity index is 1.64. The van der Waals surface area contributed by atoms with Crippen LogP contribution in [0.2, 0.25) is 0 Å². The van der Waals surface area contributed by atoms with Crippen LogP contribution in [0.3, 0.4) is 0 Å². The van der Waals surface area contributed by atoms with Crippen LogP contribution in [0.15, 0.2) is 51.7 Å². The number of hydrogen-bond donors (Lipinski definition) is 1. The fraction of sp³-hybridized carbons (Fsp3) is 0.444. The van der Waals surface area contributed by atoms with Crippen LogP contribution in [0, 0.1) is 10.8 Å². The van der Waals surface area contributed by atoms with Crippen LogP contribution < -0.4 is 10.2 Å². The zero-order valence-electron chi connectivity index (χ0n) is 19.3. The lowest BCUT2D eigenvalue weighted by Crippen LogP contribution is -2.34. The van der Waals surface area contributed by atoms with E-state index < -0.39 is 0 Å². The quantitative estimate of drug-likeness (QED) is 0.582. The van der Waals surface area contributed by atoms with E-state index in [1.807, 2.05) is 30.3 Å². The van der Waals surface area contributed by atoms with Crippen LogP contribution in [0.25, 0.3) is 22.3 Å². The highest BCUT2D eigenvalue weighted by molar-refractivity contribution is 5.89. The molecule has 2 aromatic carbocycles. The Bertz CT molecular complexity index is 1230. The maximum atomic E-state index is 13.1. The summed E-state index contributed by atoms with van der Waals surface area (Å²) in [7, 11) is 1.50. The maximum Gasteiger partial charge on any atom is 0.197 e. The summed E-state index contributed by atoms with van der Waals surface area (Å²) in [6, 6.07) is 13.1. The molecule has 2 bridgehead atoms. The number of ether oxygens (including phenoxy) is 1. The molecule has 5 heteroatoms. The number of phenols is 1. The van der Waals surface area contributed by atoms with Gasteiger partial charge in [-0.15, -0.1) is 0 Å². The summed E-state index contributed by atoms with van der Waals surface area (Å²) in [5.74, 6) is 0.932. The molecule has 2 fully saturated rings. The van der Waals surface area contributed by atoms with E-state index in [2.05, 4.69) is 25.7 Å². The van der Waals surface area contributed by atoms with Crippen molar-refractivity contribution in [2.75, 3.05) is 13.7 Å². The number of rotatable bonds is 4. The van der Waals surface area contributed by atoms with Gasteiger partial charge in [0.15, 0.2) is 11.0 Å². The topological polar surface area (TPSA) is 62.9 Å². The SMILES string of the molecule is COc1cc(O)c(CN2C[C@@]3(C)C[C@@H]2CC(C)(C)C3)c2oc(-c3ccccc3)cc(=O)c12. The number of methoxy groups -OCH3 is 1. The standard InChI is InChI=1S/C27H31NO4/c1-26(2)12-18-13-27(3,15-26)16-28(18)14-19-20(29)10-23(31-4)24-21(30)11-22(32-25(19)24)17-8-6-5-7-9-17/h5-11,18,29H,12-16H2,1-4H3/t18-,27-/m0/s1. The molecule has 1 aromatic heterocycles. The van der Waals surface area contributed by atoms with Crippen molar-refractivity contribution in [1.82, 2.24) is 4.90 Å². The molecule has 0 amide bonds. The number of nitrogens with zero attached hydrogens (tertiary/aromatic N) is 1. The molecule has 1 saturated carbocycles.